The minimum atomic E-state index is 0.0328. The number of para-hydroxylation sites is 1. The Labute approximate surface area is 131 Å². The topological polar surface area (TPSA) is 27.1 Å². The van der Waals surface area contributed by atoms with Crippen molar-refractivity contribution in [2.24, 2.45) is 0 Å². The maximum atomic E-state index is 6.20. The van der Waals surface area contributed by atoms with Crippen molar-refractivity contribution < 1.29 is 4.74 Å². The summed E-state index contributed by atoms with van der Waals surface area (Å²) < 4.78 is 8.28. The minimum Gasteiger partial charge on any atom is -0.486 e. The minimum absolute atomic E-state index is 0.0328. The summed E-state index contributed by atoms with van der Waals surface area (Å²) in [5, 5.41) is 0. The van der Waals surface area contributed by atoms with Gasteiger partial charge in [-0.3, -0.25) is 0 Å². The van der Waals surface area contributed by atoms with Crippen LogP contribution in [-0.2, 0) is 6.54 Å². The number of aryl methyl sites for hydroxylation is 2. The van der Waals surface area contributed by atoms with Gasteiger partial charge in [-0.25, -0.2) is 4.98 Å². The normalized spacial score (nSPS) is 12.0. The first kappa shape index (κ1) is 14.4. The van der Waals surface area contributed by atoms with Crippen LogP contribution >= 0.6 is 0 Å². The van der Waals surface area contributed by atoms with Crippen LogP contribution in [-0.4, -0.2) is 9.55 Å². The molecule has 112 valence electrons. The molecule has 22 heavy (non-hydrogen) atoms. The van der Waals surface area contributed by atoms with Gasteiger partial charge in [0.15, 0.2) is 0 Å². The Morgan fingerprint density at radius 3 is 2.50 bits per heavy atom. The Bertz CT molecular complexity index is 675. The molecular weight excluding hydrogens is 272 g/mol. The van der Waals surface area contributed by atoms with Crippen LogP contribution in [0.4, 0.5) is 0 Å². The number of rotatable bonds is 6. The molecular formula is C19H20N2O. The van der Waals surface area contributed by atoms with Gasteiger partial charge >= 0.3 is 0 Å². The van der Waals surface area contributed by atoms with Crippen molar-refractivity contribution in [3.63, 3.8) is 0 Å². The highest BCUT2D eigenvalue weighted by Gasteiger charge is 2.13. The number of hydrogen-bond acceptors (Lipinski definition) is 2. The van der Waals surface area contributed by atoms with Gasteiger partial charge in [0, 0.05) is 25.4 Å². The van der Waals surface area contributed by atoms with Crippen LogP contribution in [0.25, 0.3) is 0 Å². The first-order valence-electron chi connectivity index (χ1n) is 7.55. The third kappa shape index (κ3) is 3.76. The highest BCUT2D eigenvalue weighted by atomic mass is 16.5. The van der Waals surface area contributed by atoms with E-state index in [4.69, 9.17) is 4.74 Å². The molecule has 3 nitrogen and oxygen atoms in total. The fourth-order valence-corrected chi connectivity index (χ4v) is 2.42. The second-order valence-electron chi connectivity index (χ2n) is 5.42. The van der Waals surface area contributed by atoms with Gasteiger partial charge in [-0.2, -0.15) is 0 Å². The number of imidazole rings is 1. The van der Waals surface area contributed by atoms with E-state index in [2.05, 4.69) is 40.7 Å². The van der Waals surface area contributed by atoms with E-state index in [1.165, 1.54) is 11.1 Å². The molecule has 1 atom stereocenters. The van der Waals surface area contributed by atoms with E-state index in [-0.39, 0.29) is 6.10 Å². The van der Waals surface area contributed by atoms with Gasteiger partial charge in [-0.05, 0) is 24.6 Å². The standard InChI is InChI=1S/C19H20N2O/c1-16-7-9-17(10-8-16)19(11-13-21-14-12-20-15-21)22-18-5-3-2-4-6-18/h2-10,12,14-15,19H,11,13H2,1H3/t19-/m1/s1. The van der Waals surface area contributed by atoms with Crippen molar-refractivity contribution in [3.05, 3.63) is 84.4 Å². The zero-order chi connectivity index (χ0) is 15.2. The predicted molar refractivity (Wildman–Crippen MR) is 87.8 cm³/mol. The Balaban J connectivity index is 1.76. The zero-order valence-corrected chi connectivity index (χ0v) is 12.7. The molecule has 3 heteroatoms. The van der Waals surface area contributed by atoms with Crippen LogP contribution in [0.5, 0.6) is 5.75 Å². The highest BCUT2D eigenvalue weighted by molar-refractivity contribution is 5.26. The van der Waals surface area contributed by atoms with Crippen molar-refractivity contribution in [2.45, 2.75) is 26.0 Å². The van der Waals surface area contributed by atoms with E-state index in [9.17, 15) is 0 Å². The molecule has 1 aromatic heterocycles. The van der Waals surface area contributed by atoms with Gasteiger partial charge in [-0.1, -0.05) is 48.0 Å². The van der Waals surface area contributed by atoms with Crippen LogP contribution in [0.3, 0.4) is 0 Å². The lowest BCUT2D eigenvalue weighted by Gasteiger charge is -2.20. The van der Waals surface area contributed by atoms with Crippen molar-refractivity contribution >= 4 is 0 Å². The number of hydrogen-bond donors (Lipinski definition) is 0. The first-order chi connectivity index (χ1) is 10.8. The average Bonchev–Trinajstić information content (AvgIpc) is 3.07. The van der Waals surface area contributed by atoms with Crippen LogP contribution in [0.1, 0.15) is 23.7 Å². The van der Waals surface area contributed by atoms with Gasteiger partial charge in [-0.15, -0.1) is 0 Å². The van der Waals surface area contributed by atoms with Crippen molar-refractivity contribution in [2.75, 3.05) is 0 Å². The lowest BCUT2D eigenvalue weighted by Crippen LogP contribution is -2.11. The molecule has 0 bridgehead atoms. The van der Waals surface area contributed by atoms with Crippen LogP contribution in [0.2, 0.25) is 0 Å². The largest absolute Gasteiger partial charge is 0.486 e. The Hall–Kier alpha value is -2.55. The van der Waals surface area contributed by atoms with Crippen molar-refractivity contribution in [1.82, 2.24) is 9.55 Å². The van der Waals surface area contributed by atoms with Crippen LogP contribution < -0.4 is 4.74 Å². The number of aromatic nitrogens is 2. The third-order valence-electron chi connectivity index (χ3n) is 3.68. The number of ether oxygens (including phenoxy) is 1. The Morgan fingerprint density at radius 1 is 1.05 bits per heavy atom. The monoisotopic (exact) mass is 292 g/mol. The Kier molecular flexibility index (Phi) is 4.54. The highest BCUT2D eigenvalue weighted by Crippen LogP contribution is 2.25. The summed E-state index contributed by atoms with van der Waals surface area (Å²) in [4.78, 5) is 4.09. The smallest absolute Gasteiger partial charge is 0.125 e. The molecule has 1 heterocycles. The predicted octanol–water partition coefficient (Wildman–Crippen LogP) is 4.40. The summed E-state index contributed by atoms with van der Waals surface area (Å²) in [5.41, 5.74) is 2.46. The van der Waals surface area contributed by atoms with Gasteiger partial charge in [0.2, 0.25) is 0 Å². The van der Waals surface area contributed by atoms with Crippen LogP contribution in [0.15, 0.2) is 73.3 Å². The molecule has 0 saturated carbocycles. The van der Waals surface area contributed by atoms with E-state index in [1.807, 2.05) is 42.9 Å². The van der Waals surface area contributed by atoms with Gasteiger partial charge in [0.05, 0.1) is 6.33 Å². The van der Waals surface area contributed by atoms with Crippen molar-refractivity contribution in [1.29, 1.82) is 0 Å². The van der Waals surface area contributed by atoms with E-state index in [0.29, 0.717) is 0 Å². The summed E-state index contributed by atoms with van der Waals surface area (Å²) in [6.45, 7) is 2.98. The summed E-state index contributed by atoms with van der Waals surface area (Å²) in [5.74, 6) is 0.902. The molecule has 0 N–H and O–H groups in total. The fourth-order valence-electron chi connectivity index (χ4n) is 2.42. The molecule has 0 radical (unpaired) electrons. The summed E-state index contributed by atoms with van der Waals surface area (Å²) in [6, 6.07) is 18.6. The molecule has 3 rings (SSSR count). The van der Waals surface area contributed by atoms with Gasteiger partial charge in [0.25, 0.3) is 0 Å². The molecule has 2 aromatic carbocycles. The maximum Gasteiger partial charge on any atom is 0.125 e. The molecule has 0 unspecified atom stereocenters. The fraction of sp³-hybridized carbons (Fsp3) is 0.211. The molecule has 0 fully saturated rings. The second kappa shape index (κ2) is 6.94. The third-order valence-corrected chi connectivity index (χ3v) is 3.68. The second-order valence-corrected chi connectivity index (χ2v) is 5.42. The SMILES string of the molecule is Cc1ccc([C@@H](CCn2ccnc2)Oc2ccccc2)cc1. The zero-order valence-electron chi connectivity index (χ0n) is 12.7. The Morgan fingerprint density at radius 2 is 1.82 bits per heavy atom. The number of benzene rings is 2. The van der Waals surface area contributed by atoms with E-state index >= 15 is 0 Å². The molecule has 0 aliphatic carbocycles. The quantitative estimate of drug-likeness (QED) is 0.673. The van der Waals surface area contributed by atoms with E-state index in [1.54, 1.807) is 6.20 Å². The molecule has 0 aliphatic rings. The molecule has 0 saturated heterocycles. The van der Waals surface area contributed by atoms with E-state index < -0.39 is 0 Å². The first-order valence-corrected chi connectivity index (χ1v) is 7.55. The maximum absolute atomic E-state index is 6.20. The number of nitrogens with zero attached hydrogens (tertiary/aromatic N) is 2. The summed E-state index contributed by atoms with van der Waals surface area (Å²) in [7, 11) is 0. The van der Waals surface area contributed by atoms with Crippen LogP contribution in [0, 0.1) is 6.92 Å². The van der Waals surface area contributed by atoms with Crippen molar-refractivity contribution in [3.8, 4) is 5.75 Å². The van der Waals surface area contributed by atoms with E-state index in [0.717, 1.165) is 18.7 Å². The lowest BCUT2D eigenvalue weighted by atomic mass is 10.0. The lowest BCUT2D eigenvalue weighted by molar-refractivity contribution is 0.188. The molecule has 0 aliphatic heterocycles. The molecule has 3 aromatic rings. The van der Waals surface area contributed by atoms with Gasteiger partial charge in [0.1, 0.15) is 11.9 Å². The summed E-state index contributed by atoms with van der Waals surface area (Å²) >= 11 is 0. The molecule has 0 spiro atoms. The van der Waals surface area contributed by atoms with Gasteiger partial charge < -0.3 is 9.30 Å². The molecule has 0 amide bonds. The average molecular weight is 292 g/mol. The summed E-state index contributed by atoms with van der Waals surface area (Å²) in [6.07, 6.45) is 6.56.